The zero-order valence-electron chi connectivity index (χ0n) is 19.6. The number of piperidine rings is 1. The van der Waals surface area contributed by atoms with Crippen LogP contribution in [0.3, 0.4) is 0 Å². The lowest BCUT2D eigenvalue weighted by molar-refractivity contribution is -0.141. The lowest BCUT2D eigenvalue weighted by atomic mass is 9.83. The van der Waals surface area contributed by atoms with Gasteiger partial charge in [0.05, 0.1) is 31.9 Å². The van der Waals surface area contributed by atoms with E-state index in [1.807, 2.05) is 18.4 Å². The Balaban J connectivity index is 1.63. The summed E-state index contributed by atoms with van der Waals surface area (Å²) in [5, 5.41) is 10.5. The molecular weight excluding hydrogens is 448 g/mol. The van der Waals surface area contributed by atoms with Gasteiger partial charge < -0.3 is 24.0 Å². The van der Waals surface area contributed by atoms with Crippen molar-refractivity contribution in [3.05, 3.63) is 11.1 Å². The number of carbonyl (C=O) groups is 1. The standard InChI is InChI=1S/C22H33ClN6O4/c1-15(30)33-13-10-29-17(14-27-6-4-16(5-7-27)22(2,3)31)24-18-19(25-21(23)26-20(18)29)28-8-11-32-12-9-28/h16,31H,4-14H2,1-3H3. The van der Waals surface area contributed by atoms with Crippen molar-refractivity contribution in [1.82, 2.24) is 24.4 Å². The number of likely N-dealkylation sites (tertiary alicyclic amines) is 1. The second kappa shape index (κ2) is 10.1. The van der Waals surface area contributed by atoms with Crippen molar-refractivity contribution in [1.29, 1.82) is 0 Å². The van der Waals surface area contributed by atoms with Gasteiger partial charge in [0.2, 0.25) is 5.28 Å². The summed E-state index contributed by atoms with van der Waals surface area (Å²) in [6.45, 7) is 10.9. The molecule has 2 aromatic heterocycles. The number of halogens is 1. The van der Waals surface area contributed by atoms with Crippen LogP contribution in [0.25, 0.3) is 11.2 Å². The van der Waals surface area contributed by atoms with E-state index in [9.17, 15) is 9.90 Å². The van der Waals surface area contributed by atoms with Gasteiger partial charge in [-0.15, -0.1) is 0 Å². The number of ether oxygens (including phenoxy) is 2. The Bertz CT molecular complexity index is 977. The first kappa shape index (κ1) is 24.1. The molecule has 0 amide bonds. The maximum Gasteiger partial charge on any atom is 0.302 e. The minimum atomic E-state index is -0.664. The van der Waals surface area contributed by atoms with Crippen LogP contribution in [0.2, 0.25) is 5.28 Å². The number of anilines is 1. The van der Waals surface area contributed by atoms with Gasteiger partial charge in [-0.3, -0.25) is 9.69 Å². The monoisotopic (exact) mass is 480 g/mol. The molecule has 2 saturated heterocycles. The quantitative estimate of drug-likeness (QED) is 0.469. The first-order valence-electron chi connectivity index (χ1n) is 11.6. The van der Waals surface area contributed by atoms with E-state index in [4.69, 9.17) is 26.1 Å². The third-order valence-corrected chi connectivity index (χ3v) is 6.68. The summed E-state index contributed by atoms with van der Waals surface area (Å²) in [7, 11) is 0. The molecule has 0 spiro atoms. The van der Waals surface area contributed by atoms with E-state index in [2.05, 4.69) is 19.8 Å². The highest BCUT2D eigenvalue weighted by molar-refractivity contribution is 6.28. The van der Waals surface area contributed by atoms with E-state index < -0.39 is 5.60 Å². The van der Waals surface area contributed by atoms with Crippen molar-refractivity contribution >= 4 is 34.6 Å². The molecule has 2 fully saturated rings. The van der Waals surface area contributed by atoms with Crippen LogP contribution in [0, 0.1) is 5.92 Å². The van der Waals surface area contributed by atoms with Gasteiger partial charge in [-0.1, -0.05) is 0 Å². The van der Waals surface area contributed by atoms with E-state index >= 15 is 0 Å². The van der Waals surface area contributed by atoms with Crippen molar-refractivity contribution in [3.63, 3.8) is 0 Å². The predicted octanol–water partition coefficient (Wildman–Crippen LogP) is 1.86. The Labute approximate surface area is 198 Å². The summed E-state index contributed by atoms with van der Waals surface area (Å²) in [6.07, 6.45) is 1.86. The fraction of sp³-hybridized carbons (Fsp3) is 0.727. The lowest BCUT2D eigenvalue weighted by Gasteiger charge is -2.37. The fourth-order valence-electron chi connectivity index (χ4n) is 4.64. The molecule has 2 aromatic rings. The van der Waals surface area contributed by atoms with Gasteiger partial charge >= 0.3 is 5.97 Å². The van der Waals surface area contributed by atoms with Crippen molar-refractivity contribution in [2.24, 2.45) is 5.92 Å². The molecule has 33 heavy (non-hydrogen) atoms. The van der Waals surface area contributed by atoms with E-state index in [0.717, 1.165) is 31.8 Å². The maximum absolute atomic E-state index is 11.3. The van der Waals surface area contributed by atoms with Gasteiger partial charge in [0.15, 0.2) is 17.0 Å². The summed E-state index contributed by atoms with van der Waals surface area (Å²) in [5.74, 6) is 1.51. The highest BCUT2D eigenvalue weighted by Crippen LogP contribution is 2.30. The zero-order valence-corrected chi connectivity index (χ0v) is 20.3. The van der Waals surface area contributed by atoms with Crippen LogP contribution in [-0.4, -0.2) is 87.1 Å². The molecule has 0 aliphatic carbocycles. The summed E-state index contributed by atoms with van der Waals surface area (Å²) in [4.78, 5) is 29.7. The van der Waals surface area contributed by atoms with Gasteiger partial charge in [0, 0.05) is 20.0 Å². The number of aliphatic hydroxyl groups is 1. The number of morpholine rings is 1. The topological polar surface area (TPSA) is 106 Å². The Hall–Kier alpha value is -2.01. The molecule has 11 heteroatoms. The third kappa shape index (κ3) is 5.74. The minimum Gasteiger partial charge on any atom is -0.464 e. The van der Waals surface area contributed by atoms with E-state index in [-0.39, 0.29) is 23.8 Å². The van der Waals surface area contributed by atoms with Crippen LogP contribution in [0.1, 0.15) is 39.4 Å². The van der Waals surface area contributed by atoms with Gasteiger partial charge in [-0.25, -0.2) is 4.98 Å². The van der Waals surface area contributed by atoms with Crippen LogP contribution < -0.4 is 4.90 Å². The van der Waals surface area contributed by atoms with Crippen LogP contribution in [0.15, 0.2) is 0 Å². The fourth-order valence-corrected chi connectivity index (χ4v) is 4.80. The number of imidazole rings is 1. The number of hydrogen-bond acceptors (Lipinski definition) is 9. The average molecular weight is 481 g/mol. The molecule has 4 heterocycles. The molecule has 0 saturated carbocycles. The number of hydrogen-bond donors (Lipinski definition) is 1. The summed E-state index contributed by atoms with van der Waals surface area (Å²) < 4.78 is 12.7. The minimum absolute atomic E-state index is 0.162. The summed E-state index contributed by atoms with van der Waals surface area (Å²) in [6, 6.07) is 0. The van der Waals surface area contributed by atoms with Crippen molar-refractivity contribution in [2.45, 2.75) is 52.3 Å². The second-order valence-corrected chi connectivity index (χ2v) is 9.65. The molecular formula is C22H33ClN6O4. The number of nitrogens with zero attached hydrogens (tertiary/aromatic N) is 6. The molecule has 0 bridgehead atoms. The van der Waals surface area contributed by atoms with Gasteiger partial charge in [0.1, 0.15) is 12.4 Å². The summed E-state index contributed by atoms with van der Waals surface area (Å²) >= 11 is 6.32. The average Bonchev–Trinajstić information content (AvgIpc) is 3.10. The molecule has 182 valence electrons. The number of esters is 1. The largest absolute Gasteiger partial charge is 0.464 e. The van der Waals surface area contributed by atoms with E-state index in [1.165, 1.54) is 6.92 Å². The molecule has 1 N–H and O–H groups in total. The molecule has 0 unspecified atom stereocenters. The number of fused-ring (bicyclic) bond motifs is 1. The number of carbonyl (C=O) groups excluding carboxylic acids is 1. The molecule has 4 rings (SSSR count). The summed E-state index contributed by atoms with van der Waals surface area (Å²) in [5.41, 5.74) is 0.679. The third-order valence-electron chi connectivity index (χ3n) is 6.51. The second-order valence-electron chi connectivity index (χ2n) is 9.31. The van der Waals surface area contributed by atoms with E-state index in [0.29, 0.717) is 56.4 Å². The predicted molar refractivity (Wildman–Crippen MR) is 124 cm³/mol. The van der Waals surface area contributed by atoms with Gasteiger partial charge in [0.25, 0.3) is 0 Å². The van der Waals surface area contributed by atoms with Gasteiger partial charge in [-0.2, -0.15) is 9.97 Å². The van der Waals surface area contributed by atoms with Crippen LogP contribution in [-0.2, 0) is 27.4 Å². The highest BCUT2D eigenvalue weighted by Gasteiger charge is 2.31. The Morgan fingerprint density at radius 2 is 1.88 bits per heavy atom. The smallest absolute Gasteiger partial charge is 0.302 e. The van der Waals surface area contributed by atoms with Crippen LogP contribution in [0.4, 0.5) is 5.82 Å². The van der Waals surface area contributed by atoms with Crippen molar-refractivity contribution in [2.75, 3.05) is 50.9 Å². The van der Waals surface area contributed by atoms with Gasteiger partial charge in [-0.05, 0) is 57.3 Å². The normalized spacial score (nSPS) is 18.8. The molecule has 0 radical (unpaired) electrons. The number of rotatable bonds is 7. The van der Waals surface area contributed by atoms with Crippen LogP contribution in [0.5, 0.6) is 0 Å². The lowest BCUT2D eigenvalue weighted by Crippen LogP contribution is -2.41. The highest BCUT2D eigenvalue weighted by atomic mass is 35.5. The molecule has 2 aliphatic heterocycles. The van der Waals surface area contributed by atoms with Crippen molar-refractivity contribution < 1.29 is 19.4 Å². The maximum atomic E-state index is 11.3. The SMILES string of the molecule is CC(=O)OCCn1c(CN2CCC(C(C)(C)O)CC2)nc2c(N3CCOCC3)nc(Cl)nc21. The van der Waals surface area contributed by atoms with E-state index in [1.54, 1.807) is 0 Å². The first-order chi connectivity index (χ1) is 15.7. The molecule has 0 atom stereocenters. The van der Waals surface area contributed by atoms with Crippen LogP contribution >= 0.6 is 11.6 Å². The molecule has 2 aliphatic rings. The Morgan fingerprint density at radius 1 is 1.18 bits per heavy atom. The number of aromatic nitrogens is 4. The van der Waals surface area contributed by atoms with Crippen molar-refractivity contribution in [3.8, 4) is 0 Å². The zero-order chi connectivity index (χ0) is 23.6. The molecule has 10 nitrogen and oxygen atoms in total. The molecule has 0 aromatic carbocycles. The first-order valence-corrected chi connectivity index (χ1v) is 11.9. The Morgan fingerprint density at radius 3 is 2.52 bits per heavy atom. The Kier molecular flexibility index (Phi) is 7.37.